The van der Waals surface area contributed by atoms with Crippen LogP contribution in [0.3, 0.4) is 0 Å². The van der Waals surface area contributed by atoms with Gasteiger partial charge in [-0.1, -0.05) is 17.7 Å². The van der Waals surface area contributed by atoms with Gasteiger partial charge in [0.15, 0.2) is 0 Å². The van der Waals surface area contributed by atoms with Crippen molar-refractivity contribution in [2.45, 2.75) is 25.2 Å². The Morgan fingerprint density at radius 1 is 1.00 bits per heavy atom. The Labute approximate surface area is 196 Å². The fourth-order valence-corrected chi connectivity index (χ4v) is 6.11. The van der Waals surface area contributed by atoms with E-state index in [0.717, 1.165) is 50.1 Å². The van der Waals surface area contributed by atoms with E-state index in [0.29, 0.717) is 3.82 Å². The molecule has 1 heterocycles. The third-order valence-electron chi connectivity index (χ3n) is 5.34. The SMILES string of the molecule is CCN(c1cc(N2CCCNCC2)ccc1N(Cl)S(=O)(=O)c1ccc(C)cc1)S(C)(=O)=O. The van der Waals surface area contributed by atoms with Crippen LogP contribution in [-0.2, 0) is 20.0 Å². The number of nitrogens with zero attached hydrogens (tertiary/aromatic N) is 3. The number of hydrogen-bond donors (Lipinski definition) is 1. The van der Waals surface area contributed by atoms with Gasteiger partial charge in [-0.25, -0.2) is 8.42 Å². The average Bonchev–Trinajstić information content (AvgIpc) is 3.02. The van der Waals surface area contributed by atoms with Crippen LogP contribution in [0, 0.1) is 6.92 Å². The van der Waals surface area contributed by atoms with Gasteiger partial charge in [0.25, 0.3) is 10.0 Å². The minimum atomic E-state index is -4.11. The van der Waals surface area contributed by atoms with Gasteiger partial charge >= 0.3 is 0 Å². The first-order chi connectivity index (χ1) is 15.1. The highest BCUT2D eigenvalue weighted by Crippen LogP contribution is 2.38. The summed E-state index contributed by atoms with van der Waals surface area (Å²) in [4.78, 5) is 2.17. The molecule has 1 N–H and O–H groups in total. The van der Waals surface area contributed by atoms with Crippen LogP contribution in [0.1, 0.15) is 18.9 Å². The molecule has 1 aliphatic heterocycles. The summed E-state index contributed by atoms with van der Waals surface area (Å²) >= 11 is 6.39. The molecule has 0 radical (unpaired) electrons. The van der Waals surface area contributed by atoms with Crippen molar-refractivity contribution < 1.29 is 16.8 Å². The van der Waals surface area contributed by atoms with Crippen molar-refractivity contribution >= 4 is 48.9 Å². The molecule has 176 valence electrons. The molecule has 0 amide bonds. The Kier molecular flexibility index (Phi) is 7.59. The maximum atomic E-state index is 13.2. The minimum Gasteiger partial charge on any atom is -0.370 e. The van der Waals surface area contributed by atoms with E-state index in [1.807, 2.05) is 6.92 Å². The molecule has 0 aliphatic carbocycles. The number of aryl methyl sites for hydroxylation is 1. The largest absolute Gasteiger partial charge is 0.370 e. The summed E-state index contributed by atoms with van der Waals surface area (Å²) in [6.07, 6.45) is 2.04. The van der Waals surface area contributed by atoms with Crippen molar-refractivity contribution in [3.63, 3.8) is 0 Å². The number of benzene rings is 2. The lowest BCUT2D eigenvalue weighted by atomic mass is 10.2. The zero-order valence-corrected chi connectivity index (χ0v) is 20.8. The minimum absolute atomic E-state index is 0.0223. The standard InChI is InChI=1S/C21H29ClN4O4S2/c1-4-25(31(3,27)28)21-16-18(24-14-5-12-23-13-15-24)8-11-20(21)26(22)32(29,30)19-9-6-17(2)7-10-19/h6-11,16,23H,4-5,12-15H2,1-3H3. The van der Waals surface area contributed by atoms with Crippen LogP contribution in [0.5, 0.6) is 0 Å². The summed E-state index contributed by atoms with van der Waals surface area (Å²) in [5, 5.41) is 3.33. The zero-order chi connectivity index (χ0) is 23.5. The van der Waals surface area contributed by atoms with Gasteiger partial charge in [-0.3, -0.25) is 4.31 Å². The van der Waals surface area contributed by atoms with Gasteiger partial charge < -0.3 is 10.2 Å². The maximum Gasteiger partial charge on any atom is 0.278 e. The van der Waals surface area contributed by atoms with Gasteiger partial charge in [-0.05, 0) is 57.1 Å². The summed E-state index contributed by atoms with van der Waals surface area (Å²) in [5.74, 6) is 0. The summed E-state index contributed by atoms with van der Waals surface area (Å²) in [7, 11) is -7.78. The van der Waals surface area contributed by atoms with E-state index >= 15 is 0 Å². The van der Waals surface area contributed by atoms with Gasteiger partial charge in [-0.15, -0.1) is 0 Å². The third-order valence-corrected chi connectivity index (χ3v) is 8.81. The number of hydrogen-bond acceptors (Lipinski definition) is 6. The van der Waals surface area contributed by atoms with Crippen LogP contribution in [0.15, 0.2) is 47.4 Å². The Morgan fingerprint density at radius 3 is 2.31 bits per heavy atom. The lowest BCUT2D eigenvalue weighted by molar-refractivity contribution is 0.595. The first kappa shape index (κ1) is 24.6. The van der Waals surface area contributed by atoms with E-state index in [4.69, 9.17) is 11.8 Å². The molecule has 0 atom stereocenters. The van der Waals surface area contributed by atoms with Gasteiger partial charge in [0.2, 0.25) is 10.0 Å². The topological polar surface area (TPSA) is 90.0 Å². The number of anilines is 3. The highest BCUT2D eigenvalue weighted by Gasteiger charge is 2.30. The smallest absolute Gasteiger partial charge is 0.278 e. The highest BCUT2D eigenvalue weighted by atomic mass is 35.5. The second-order valence-corrected chi connectivity index (χ2v) is 12.0. The maximum absolute atomic E-state index is 13.2. The van der Waals surface area contributed by atoms with Crippen molar-refractivity contribution in [3.8, 4) is 0 Å². The predicted molar refractivity (Wildman–Crippen MR) is 131 cm³/mol. The van der Waals surface area contributed by atoms with Crippen LogP contribution in [0.25, 0.3) is 0 Å². The summed E-state index contributed by atoms with van der Waals surface area (Å²) < 4.78 is 53.3. The zero-order valence-electron chi connectivity index (χ0n) is 18.5. The molecule has 8 nitrogen and oxygen atoms in total. The first-order valence-corrected chi connectivity index (χ1v) is 14.0. The highest BCUT2D eigenvalue weighted by molar-refractivity contribution is 7.94. The molecule has 1 saturated heterocycles. The Bertz CT molecular complexity index is 1150. The van der Waals surface area contributed by atoms with Crippen molar-refractivity contribution in [1.82, 2.24) is 5.32 Å². The van der Waals surface area contributed by atoms with Crippen LogP contribution in [-0.4, -0.2) is 55.8 Å². The fourth-order valence-electron chi connectivity index (χ4n) is 3.68. The Morgan fingerprint density at radius 2 is 1.69 bits per heavy atom. The first-order valence-electron chi connectivity index (χ1n) is 10.4. The van der Waals surface area contributed by atoms with Crippen LogP contribution < -0.4 is 18.3 Å². The van der Waals surface area contributed by atoms with Crippen LogP contribution >= 0.6 is 11.8 Å². The molecule has 0 spiro atoms. The molecule has 0 bridgehead atoms. The van der Waals surface area contributed by atoms with Gasteiger partial charge in [0.1, 0.15) is 0 Å². The number of rotatable bonds is 7. The molecule has 11 heteroatoms. The molecule has 0 saturated carbocycles. The molecule has 3 rings (SSSR count). The monoisotopic (exact) mass is 500 g/mol. The second kappa shape index (κ2) is 9.86. The van der Waals surface area contributed by atoms with E-state index < -0.39 is 20.0 Å². The lowest BCUT2D eigenvalue weighted by Crippen LogP contribution is -2.33. The van der Waals surface area contributed by atoms with E-state index in [-0.39, 0.29) is 22.8 Å². The van der Waals surface area contributed by atoms with Crippen molar-refractivity contribution in [3.05, 3.63) is 48.0 Å². The predicted octanol–water partition coefficient (Wildman–Crippen LogP) is 2.93. The van der Waals surface area contributed by atoms with Crippen molar-refractivity contribution in [2.24, 2.45) is 0 Å². The summed E-state index contributed by atoms with van der Waals surface area (Å²) in [6.45, 7) is 6.97. The number of halogens is 1. The molecule has 2 aromatic carbocycles. The molecular weight excluding hydrogens is 472 g/mol. The van der Waals surface area contributed by atoms with Gasteiger partial charge in [-0.2, -0.15) is 12.2 Å². The fraction of sp³-hybridized carbons (Fsp3) is 0.429. The van der Waals surface area contributed by atoms with Gasteiger partial charge in [0.05, 0.1) is 22.5 Å². The van der Waals surface area contributed by atoms with Crippen LogP contribution in [0.4, 0.5) is 17.1 Å². The normalized spacial score (nSPS) is 15.3. The molecule has 1 aliphatic rings. The number of sulfonamides is 2. The van der Waals surface area contributed by atoms with Crippen molar-refractivity contribution in [2.75, 3.05) is 52.0 Å². The van der Waals surface area contributed by atoms with E-state index in [1.54, 1.807) is 37.3 Å². The summed E-state index contributed by atoms with van der Waals surface area (Å²) in [6, 6.07) is 11.4. The van der Waals surface area contributed by atoms with Crippen molar-refractivity contribution in [1.29, 1.82) is 0 Å². The Balaban J connectivity index is 2.12. The second-order valence-electron chi connectivity index (χ2n) is 7.72. The molecule has 32 heavy (non-hydrogen) atoms. The average molecular weight is 501 g/mol. The molecule has 0 aromatic heterocycles. The Hall–Kier alpha value is -2.01. The third kappa shape index (κ3) is 5.31. The number of nitrogens with one attached hydrogen (secondary N) is 1. The quantitative estimate of drug-likeness (QED) is 0.588. The van der Waals surface area contributed by atoms with Gasteiger partial charge in [0, 0.05) is 43.6 Å². The van der Waals surface area contributed by atoms with E-state index in [2.05, 4.69) is 10.2 Å². The van der Waals surface area contributed by atoms with E-state index in [9.17, 15) is 16.8 Å². The summed E-state index contributed by atoms with van der Waals surface area (Å²) in [5.41, 5.74) is 2.02. The lowest BCUT2D eigenvalue weighted by Gasteiger charge is -2.29. The van der Waals surface area contributed by atoms with Crippen LogP contribution in [0.2, 0.25) is 0 Å². The molecule has 0 unspecified atom stereocenters. The van der Waals surface area contributed by atoms with E-state index in [1.165, 1.54) is 16.4 Å². The molecule has 1 fully saturated rings. The molecule has 2 aromatic rings. The molecular formula is C21H29ClN4O4S2.